The highest BCUT2D eigenvalue weighted by Gasteiger charge is 2.06. The number of aromatic amines is 1. The van der Waals surface area contributed by atoms with Crippen molar-refractivity contribution >= 4 is 11.0 Å². The summed E-state index contributed by atoms with van der Waals surface area (Å²) >= 11 is 0. The third-order valence-corrected chi connectivity index (χ3v) is 2.47. The lowest BCUT2D eigenvalue weighted by molar-refractivity contribution is 0.976. The van der Waals surface area contributed by atoms with Crippen molar-refractivity contribution in [1.29, 1.82) is 0 Å². The first-order chi connectivity index (χ1) is 7.93. The van der Waals surface area contributed by atoms with Crippen LogP contribution in [0.5, 0.6) is 0 Å². The summed E-state index contributed by atoms with van der Waals surface area (Å²) in [6.45, 7) is 0. The zero-order valence-corrected chi connectivity index (χ0v) is 8.59. The Morgan fingerprint density at radius 1 is 1.00 bits per heavy atom. The molecule has 1 N–H and O–H groups in total. The van der Waals surface area contributed by atoms with Crippen molar-refractivity contribution in [2.75, 3.05) is 0 Å². The molecule has 4 heteroatoms. The third-order valence-electron chi connectivity index (χ3n) is 2.47. The molecule has 78 valence electrons. The van der Waals surface area contributed by atoms with Crippen molar-refractivity contribution in [3.8, 4) is 0 Å². The molecule has 4 nitrogen and oxygen atoms in total. The standard InChI is InChI=1S/C12H10N4/c1-2-6-13-9(4-1)8-11-12-10(15-16-11)5-3-7-14-12/h1-7H,8H2,(H,15,16). The molecule has 0 radical (unpaired) electrons. The number of fused-ring (bicyclic) bond motifs is 1. The van der Waals surface area contributed by atoms with E-state index in [0.29, 0.717) is 0 Å². The highest BCUT2D eigenvalue weighted by Crippen LogP contribution is 2.14. The van der Waals surface area contributed by atoms with Gasteiger partial charge in [-0.3, -0.25) is 15.1 Å². The second-order valence-electron chi connectivity index (χ2n) is 3.57. The van der Waals surface area contributed by atoms with Crippen LogP contribution in [0.2, 0.25) is 0 Å². The molecule has 0 fully saturated rings. The van der Waals surface area contributed by atoms with Crippen molar-refractivity contribution in [2.45, 2.75) is 6.42 Å². The number of hydrogen-bond donors (Lipinski definition) is 1. The van der Waals surface area contributed by atoms with Gasteiger partial charge in [0.05, 0.1) is 5.69 Å². The summed E-state index contributed by atoms with van der Waals surface area (Å²) in [5.41, 5.74) is 3.84. The van der Waals surface area contributed by atoms with Gasteiger partial charge in [-0.25, -0.2) is 0 Å². The fourth-order valence-corrected chi connectivity index (χ4v) is 1.71. The first-order valence-electron chi connectivity index (χ1n) is 5.11. The summed E-state index contributed by atoms with van der Waals surface area (Å²) in [5, 5.41) is 7.21. The quantitative estimate of drug-likeness (QED) is 0.703. The first-order valence-corrected chi connectivity index (χ1v) is 5.11. The van der Waals surface area contributed by atoms with Gasteiger partial charge in [0.15, 0.2) is 0 Å². The predicted molar refractivity (Wildman–Crippen MR) is 60.9 cm³/mol. The average Bonchev–Trinajstić information content (AvgIpc) is 2.74. The van der Waals surface area contributed by atoms with Crippen molar-refractivity contribution in [3.63, 3.8) is 0 Å². The SMILES string of the molecule is c1ccc(Cc2[nH]nc3cccnc23)nc1. The Balaban J connectivity index is 2.01. The monoisotopic (exact) mass is 210 g/mol. The summed E-state index contributed by atoms with van der Waals surface area (Å²) in [4.78, 5) is 8.60. The third kappa shape index (κ3) is 1.54. The molecule has 0 atom stereocenters. The predicted octanol–water partition coefficient (Wildman–Crippen LogP) is 1.94. The summed E-state index contributed by atoms with van der Waals surface area (Å²) in [7, 11) is 0. The van der Waals surface area contributed by atoms with Crippen LogP contribution in [0.15, 0.2) is 42.7 Å². The summed E-state index contributed by atoms with van der Waals surface area (Å²) in [6.07, 6.45) is 4.30. The van der Waals surface area contributed by atoms with E-state index >= 15 is 0 Å². The average molecular weight is 210 g/mol. The van der Waals surface area contributed by atoms with Crippen LogP contribution >= 0.6 is 0 Å². The van der Waals surface area contributed by atoms with Crippen LogP contribution in [-0.2, 0) is 6.42 Å². The smallest absolute Gasteiger partial charge is 0.112 e. The molecule has 0 amide bonds. The molecular formula is C12H10N4. The maximum Gasteiger partial charge on any atom is 0.112 e. The maximum absolute atomic E-state index is 4.32. The van der Waals surface area contributed by atoms with E-state index in [0.717, 1.165) is 28.8 Å². The van der Waals surface area contributed by atoms with Crippen LogP contribution in [-0.4, -0.2) is 20.2 Å². The van der Waals surface area contributed by atoms with Gasteiger partial charge < -0.3 is 0 Å². The van der Waals surface area contributed by atoms with Crippen molar-refractivity contribution in [2.24, 2.45) is 0 Å². The molecule has 0 saturated heterocycles. The number of H-pyrrole nitrogens is 1. The summed E-state index contributed by atoms with van der Waals surface area (Å²) in [6, 6.07) is 9.71. The molecule has 0 aliphatic carbocycles. The van der Waals surface area contributed by atoms with Crippen LogP contribution in [0.1, 0.15) is 11.4 Å². The molecule has 0 unspecified atom stereocenters. The van der Waals surface area contributed by atoms with Gasteiger partial charge in [-0.2, -0.15) is 5.10 Å². The Labute approximate surface area is 92.4 Å². The minimum Gasteiger partial charge on any atom is -0.279 e. The molecule has 0 bridgehead atoms. The van der Waals surface area contributed by atoms with Crippen LogP contribution in [0.25, 0.3) is 11.0 Å². The van der Waals surface area contributed by atoms with Gasteiger partial charge >= 0.3 is 0 Å². The molecule has 3 heterocycles. The Morgan fingerprint density at radius 2 is 1.94 bits per heavy atom. The van der Waals surface area contributed by atoms with E-state index in [1.54, 1.807) is 12.4 Å². The fraction of sp³-hybridized carbons (Fsp3) is 0.0833. The van der Waals surface area contributed by atoms with E-state index in [9.17, 15) is 0 Å². The topological polar surface area (TPSA) is 54.5 Å². The van der Waals surface area contributed by atoms with Crippen LogP contribution < -0.4 is 0 Å². The molecule has 0 aromatic carbocycles. The van der Waals surface area contributed by atoms with E-state index in [-0.39, 0.29) is 0 Å². The number of nitrogens with zero attached hydrogens (tertiary/aromatic N) is 3. The summed E-state index contributed by atoms with van der Waals surface area (Å²) < 4.78 is 0. The number of aromatic nitrogens is 4. The van der Waals surface area contributed by atoms with Crippen LogP contribution in [0, 0.1) is 0 Å². The van der Waals surface area contributed by atoms with Gasteiger partial charge in [-0.15, -0.1) is 0 Å². The van der Waals surface area contributed by atoms with Gasteiger partial charge in [0.25, 0.3) is 0 Å². The Kier molecular flexibility index (Phi) is 2.11. The van der Waals surface area contributed by atoms with Gasteiger partial charge in [-0.05, 0) is 24.3 Å². The lowest BCUT2D eigenvalue weighted by Gasteiger charge is -1.97. The molecule has 3 rings (SSSR count). The Morgan fingerprint density at radius 3 is 2.81 bits per heavy atom. The van der Waals surface area contributed by atoms with Crippen LogP contribution in [0.4, 0.5) is 0 Å². The first kappa shape index (κ1) is 9.03. The number of rotatable bonds is 2. The Bertz CT molecular complexity index is 600. The molecule has 16 heavy (non-hydrogen) atoms. The molecule has 0 spiro atoms. The number of hydrogen-bond acceptors (Lipinski definition) is 3. The summed E-state index contributed by atoms with van der Waals surface area (Å²) in [5.74, 6) is 0. The van der Waals surface area contributed by atoms with E-state index in [2.05, 4.69) is 20.2 Å². The van der Waals surface area contributed by atoms with Gasteiger partial charge in [0, 0.05) is 24.5 Å². The van der Waals surface area contributed by atoms with Crippen molar-refractivity contribution in [3.05, 3.63) is 54.1 Å². The molecule has 0 aliphatic heterocycles. The van der Waals surface area contributed by atoms with E-state index in [1.165, 1.54) is 0 Å². The van der Waals surface area contributed by atoms with E-state index in [1.807, 2.05) is 30.3 Å². The highest BCUT2D eigenvalue weighted by atomic mass is 15.1. The van der Waals surface area contributed by atoms with Crippen molar-refractivity contribution < 1.29 is 0 Å². The van der Waals surface area contributed by atoms with E-state index in [4.69, 9.17) is 0 Å². The highest BCUT2D eigenvalue weighted by molar-refractivity contribution is 5.76. The zero-order valence-electron chi connectivity index (χ0n) is 8.59. The molecule has 3 aromatic rings. The second-order valence-corrected chi connectivity index (χ2v) is 3.57. The van der Waals surface area contributed by atoms with Gasteiger partial charge in [-0.1, -0.05) is 6.07 Å². The minimum absolute atomic E-state index is 0.731. The minimum atomic E-state index is 0.731. The lowest BCUT2D eigenvalue weighted by atomic mass is 10.2. The molecule has 3 aromatic heterocycles. The Hall–Kier alpha value is -2.23. The fourth-order valence-electron chi connectivity index (χ4n) is 1.71. The van der Waals surface area contributed by atoms with Crippen LogP contribution in [0.3, 0.4) is 0 Å². The lowest BCUT2D eigenvalue weighted by Crippen LogP contribution is -1.92. The number of pyridine rings is 2. The second kappa shape index (κ2) is 3.73. The van der Waals surface area contributed by atoms with E-state index < -0.39 is 0 Å². The number of nitrogens with one attached hydrogen (secondary N) is 1. The largest absolute Gasteiger partial charge is 0.279 e. The zero-order chi connectivity index (χ0) is 10.8. The van der Waals surface area contributed by atoms with Gasteiger partial charge in [0.1, 0.15) is 11.0 Å². The maximum atomic E-state index is 4.32. The normalized spacial score (nSPS) is 10.8. The van der Waals surface area contributed by atoms with Crippen molar-refractivity contribution in [1.82, 2.24) is 20.2 Å². The molecule has 0 saturated carbocycles. The van der Waals surface area contributed by atoms with Gasteiger partial charge in [0.2, 0.25) is 0 Å². The molecular weight excluding hydrogens is 200 g/mol. The molecule has 0 aliphatic rings.